The Morgan fingerprint density at radius 2 is 1.88 bits per heavy atom. The van der Waals surface area contributed by atoms with Gasteiger partial charge in [-0.25, -0.2) is 22.5 Å². The van der Waals surface area contributed by atoms with Gasteiger partial charge in [-0.1, -0.05) is 0 Å². The van der Waals surface area contributed by atoms with Gasteiger partial charge in [-0.15, -0.1) is 0 Å². The number of aryl methyl sites for hydroxylation is 1. The molecule has 0 bridgehead atoms. The van der Waals surface area contributed by atoms with E-state index in [0.29, 0.717) is 29.0 Å². The summed E-state index contributed by atoms with van der Waals surface area (Å²) in [6.07, 6.45) is 1.38. The summed E-state index contributed by atoms with van der Waals surface area (Å²) in [6, 6.07) is 2.55. The zero-order chi connectivity index (χ0) is 22.7. The highest BCUT2D eigenvalue weighted by Crippen LogP contribution is 2.37. The Hall–Kier alpha value is -3.76. The summed E-state index contributed by atoms with van der Waals surface area (Å²) in [4.78, 5) is 18.6. The minimum Gasteiger partial charge on any atom is -0.328 e. The lowest BCUT2D eigenvalue weighted by Gasteiger charge is -2.32. The van der Waals surface area contributed by atoms with Gasteiger partial charge in [0.25, 0.3) is 5.91 Å². The molecule has 0 radical (unpaired) electrons. The smallest absolute Gasteiger partial charge is 0.275 e. The highest BCUT2D eigenvalue weighted by Gasteiger charge is 2.35. The first-order valence-electron chi connectivity index (χ1n) is 9.77. The van der Waals surface area contributed by atoms with Gasteiger partial charge in [0.15, 0.2) is 28.8 Å². The third-order valence-electron chi connectivity index (χ3n) is 5.75. The minimum atomic E-state index is -1.54. The van der Waals surface area contributed by atoms with Crippen LogP contribution in [0.25, 0.3) is 22.3 Å². The van der Waals surface area contributed by atoms with Crippen LogP contribution in [-0.2, 0) is 13.5 Å². The number of aromatic amines is 1. The van der Waals surface area contributed by atoms with Crippen LogP contribution >= 0.6 is 0 Å². The van der Waals surface area contributed by atoms with Gasteiger partial charge in [-0.2, -0.15) is 10.2 Å². The molecule has 1 aromatic carbocycles. The fourth-order valence-electron chi connectivity index (χ4n) is 4.25. The number of hydrogen-bond donors (Lipinski definition) is 1. The van der Waals surface area contributed by atoms with Crippen molar-refractivity contribution < 1.29 is 22.4 Å². The maximum absolute atomic E-state index is 13.8. The molecule has 0 unspecified atom stereocenters. The van der Waals surface area contributed by atoms with Crippen LogP contribution in [0.15, 0.2) is 24.4 Å². The number of aromatic nitrogens is 5. The quantitative estimate of drug-likeness (QED) is 0.378. The monoisotopic (exact) mass is 444 g/mol. The van der Waals surface area contributed by atoms with Crippen molar-refractivity contribution in [3.63, 3.8) is 0 Å². The number of carbonyl (C=O) groups is 1. The van der Waals surface area contributed by atoms with Gasteiger partial charge >= 0.3 is 0 Å². The molecule has 0 spiro atoms. The van der Waals surface area contributed by atoms with Crippen molar-refractivity contribution in [2.75, 3.05) is 6.54 Å². The molecule has 5 rings (SSSR count). The van der Waals surface area contributed by atoms with E-state index in [-0.39, 0.29) is 23.2 Å². The molecule has 32 heavy (non-hydrogen) atoms. The average Bonchev–Trinajstić information content (AvgIpc) is 3.32. The molecule has 164 valence electrons. The van der Waals surface area contributed by atoms with Gasteiger partial charge in [0.1, 0.15) is 5.82 Å². The fraction of sp³-hybridized carbons (Fsp3) is 0.238. The standard InChI is InChI=1S/C21H16F4N6O/c1-9-17-12(19(30(2)29-17)10-5-14(23)16(25)15(24)6-10)3-4-31(9)21(32)18-13-7-11(22)8-26-20(13)28-27-18/h5-9H,3-4H2,1-2H3,(H,26,27,28)/t9-/m0/s1. The second-order valence-electron chi connectivity index (χ2n) is 7.64. The molecule has 4 aromatic rings. The van der Waals surface area contributed by atoms with Crippen LogP contribution in [0.3, 0.4) is 0 Å². The molecule has 0 saturated heterocycles. The number of H-pyrrole nitrogens is 1. The molecule has 1 atom stereocenters. The van der Waals surface area contributed by atoms with Crippen molar-refractivity contribution in [2.24, 2.45) is 7.05 Å². The molecular weight excluding hydrogens is 428 g/mol. The van der Waals surface area contributed by atoms with E-state index in [0.717, 1.165) is 18.3 Å². The van der Waals surface area contributed by atoms with Gasteiger partial charge in [0, 0.05) is 24.7 Å². The van der Waals surface area contributed by atoms with Crippen molar-refractivity contribution in [2.45, 2.75) is 19.4 Å². The third-order valence-corrected chi connectivity index (χ3v) is 5.75. The second-order valence-corrected chi connectivity index (χ2v) is 7.64. The number of nitrogens with zero attached hydrogens (tertiary/aromatic N) is 5. The Labute approximate surface area is 178 Å². The molecule has 0 fully saturated rings. The lowest BCUT2D eigenvalue weighted by Crippen LogP contribution is -2.39. The van der Waals surface area contributed by atoms with Crippen LogP contribution < -0.4 is 0 Å². The van der Waals surface area contributed by atoms with Gasteiger partial charge in [0.05, 0.1) is 29.0 Å². The number of halogens is 4. The summed E-state index contributed by atoms with van der Waals surface area (Å²) in [7, 11) is 1.61. The molecule has 0 aliphatic carbocycles. The van der Waals surface area contributed by atoms with E-state index in [9.17, 15) is 22.4 Å². The Morgan fingerprint density at radius 3 is 2.59 bits per heavy atom. The first kappa shape index (κ1) is 20.2. The van der Waals surface area contributed by atoms with Crippen LogP contribution in [0.1, 0.15) is 34.7 Å². The van der Waals surface area contributed by atoms with Crippen molar-refractivity contribution >= 4 is 16.9 Å². The summed E-state index contributed by atoms with van der Waals surface area (Å²) in [5.74, 6) is -5.13. The second kappa shape index (κ2) is 7.14. The zero-order valence-electron chi connectivity index (χ0n) is 17.0. The predicted molar refractivity (Wildman–Crippen MR) is 106 cm³/mol. The normalized spacial score (nSPS) is 15.9. The molecule has 7 nitrogen and oxygen atoms in total. The fourth-order valence-corrected chi connectivity index (χ4v) is 4.25. The van der Waals surface area contributed by atoms with Gasteiger partial charge in [0.2, 0.25) is 0 Å². The van der Waals surface area contributed by atoms with Crippen LogP contribution in [0.2, 0.25) is 0 Å². The highest BCUT2D eigenvalue weighted by atomic mass is 19.2. The lowest BCUT2D eigenvalue weighted by atomic mass is 9.95. The van der Waals surface area contributed by atoms with Gasteiger partial charge in [-0.05, 0) is 31.5 Å². The number of nitrogens with one attached hydrogen (secondary N) is 1. The Kier molecular flexibility index (Phi) is 4.50. The van der Waals surface area contributed by atoms with Crippen LogP contribution in [0.5, 0.6) is 0 Å². The summed E-state index contributed by atoms with van der Waals surface area (Å²) < 4.78 is 56.1. The van der Waals surface area contributed by atoms with E-state index in [1.54, 1.807) is 18.9 Å². The number of carbonyl (C=O) groups excluding carboxylic acids is 1. The number of benzene rings is 1. The molecule has 1 N–H and O–H groups in total. The van der Waals surface area contributed by atoms with Crippen molar-refractivity contribution in [3.05, 3.63) is 64.6 Å². The van der Waals surface area contributed by atoms with Gasteiger partial charge < -0.3 is 4.90 Å². The van der Waals surface area contributed by atoms with Crippen molar-refractivity contribution in [1.29, 1.82) is 0 Å². The Balaban J connectivity index is 1.53. The molecule has 4 heterocycles. The average molecular weight is 444 g/mol. The topological polar surface area (TPSA) is 79.7 Å². The minimum absolute atomic E-state index is 0.0427. The van der Waals surface area contributed by atoms with Gasteiger partial charge in [-0.3, -0.25) is 14.6 Å². The number of pyridine rings is 1. The number of rotatable bonds is 2. The predicted octanol–water partition coefficient (Wildman–Crippen LogP) is 3.67. The summed E-state index contributed by atoms with van der Waals surface area (Å²) in [5, 5.41) is 11.4. The number of hydrogen-bond acceptors (Lipinski definition) is 4. The SMILES string of the molecule is C[C@H]1c2nn(C)c(-c3cc(F)c(F)c(F)c3)c2CCN1C(=O)c1n[nH]c2ncc(F)cc12. The molecule has 1 aliphatic heterocycles. The first-order valence-corrected chi connectivity index (χ1v) is 9.77. The van der Waals surface area contributed by atoms with E-state index in [4.69, 9.17) is 0 Å². The van der Waals surface area contributed by atoms with Crippen LogP contribution in [0.4, 0.5) is 17.6 Å². The maximum atomic E-state index is 13.8. The number of amides is 1. The summed E-state index contributed by atoms with van der Waals surface area (Å²) in [5.41, 5.74) is 2.21. The largest absolute Gasteiger partial charge is 0.328 e. The first-order chi connectivity index (χ1) is 15.3. The molecule has 11 heteroatoms. The summed E-state index contributed by atoms with van der Waals surface area (Å²) in [6.45, 7) is 2.04. The number of fused-ring (bicyclic) bond motifs is 2. The molecular formula is C21H16F4N6O. The zero-order valence-corrected chi connectivity index (χ0v) is 17.0. The van der Waals surface area contributed by atoms with Crippen LogP contribution in [-0.4, -0.2) is 42.3 Å². The maximum Gasteiger partial charge on any atom is 0.275 e. The molecule has 3 aromatic heterocycles. The molecule has 0 saturated carbocycles. The summed E-state index contributed by atoms with van der Waals surface area (Å²) >= 11 is 0. The van der Waals surface area contributed by atoms with Crippen molar-refractivity contribution in [3.8, 4) is 11.3 Å². The highest BCUT2D eigenvalue weighted by molar-refractivity contribution is 6.04. The van der Waals surface area contributed by atoms with E-state index in [1.165, 1.54) is 10.7 Å². The van der Waals surface area contributed by atoms with E-state index in [2.05, 4.69) is 20.3 Å². The molecule has 1 aliphatic rings. The van der Waals surface area contributed by atoms with Crippen molar-refractivity contribution in [1.82, 2.24) is 29.9 Å². The molecule has 1 amide bonds. The van der Waals surface area contributed by atoms with Crippen LogP contribution in [0, 0.1) is 23.3 Å². The van der Waals surface area contributed by atoms with E-state index in [1.807, 2.05) is 0 Å². The van der Waals surface area contributed by atoms with E-state index >= 15 is 0 Å². The van der Waals surface area contributed by atoms with E-state index < -0.39 is 35.2 Å². The Bertz CT molecular complexity index is 1370. The lowest BCUT2D eigenvalue weighted by molar-refractivity contribution is 0.0669. The Morgan fingerprint density at radius 1 is 1.16 bits per heavy atom. The third kappa shape index (κ3) is 2.95.